The van der Waals surface area contributed by atoms with Gasteiger partial charge in [-0.2, -0.15) is 0 Å². The van der Waals surface area contributed by atoms with E-state index in [-0.39, 0.29) is 12.5 Å². The summed E-state index contributed by atoms with van der Waals surface area (Å²) in [5.41, 5.74) is 0. The maximum atomic E-state index is 12.1. The van der Waals surface area contributed by atoms with Crippen molar-refractivity contribution in [3.63, 3.8) is 0 Å². The number of carbonyl (C=O) groups is 1. The number of carbonyl (C=O) groups excluding carboxylic acids is 1. The zero-order valence-electron chi connectivity index (χ0n) is 11.6. The van der Waals surface area contributed by atoms with Gasteiger partial charge in [0.1, 0.15) is 6.61 Å². The lowest BCUT2D eigenvalue weighted by Gasteiger charge is -2.42. The van der Waals surface area contributed by atoms with Gasteiger partial charge in [0.25, 0.3) is 0 Å². The van der Waals surface area contributed by atoms with E-state index in [0.29, 0.717) is 18.6 Å². The Morgan fingerprint density at radius 3 is 2.71 bits per heavy atom. The topological polar surface area (TPSA) is 32.8 Å². The molecule has 100 valence electrons. The van der Waals surface area contributed by atoms with E-state index in [1.165, 1.54) is 0 Å². The molecule has 0 aromatic carbocycles. The average molecular weight is 242 g/mol. The SMILES string of the molecule is CCCOCC(=O)N1CCN(C)C[C@H]1C(C)C. The van der Waals surface area contributed by atoms with E-state index in [1.54, 1.807) is 0 Å². The first-order valence-corrected chi connectivity index (χ1v) is 6.62. The van der Waals surface area contributed by atoms with Crippen LogP contribution in [0.1, 0.15) is 27.2 Å². The van der Waals surface area contributed by atoms with E-state index < -0.39 is 0 Å². The first kappa shape index (κ1) is 14.5. The van der Waals surface area contributed by atoms with Gasteiger partial charge in [-0.05, 0) is 19.4 Å². The van der Waals surface area contributed by atoms with Crippen LogP contribution in [0, 0.1) is 5.92 Å². The lowest BCUT2D eigenvalue weighted by Crippen LogP contribution is -2.56. The van der Waals surface area contributed by atoms with E-state index in [2.05, 4.69) is 32.7 Å². The molecule has 1 fully saturated rings. The molecule has 1 atom stereocenters. The third-order valence-electron chi connectivity index (χ3n) is 3.29. The fourth-order valence-corrected chi connectivity index (χ4v) is 2.22. The number of nitrogens with zero attached hydrogens (tertiary/aromatic N) is 2. The number of rotatable bonds is 5. The molecule has 0 unspecified atom stereocenters. The predicted molar refractivity (Wildman–Crippen MR) is 68.9 cm³/mol. The van der Waals surface area contributed by atoms with E-state index in [1.807, 2.05) is 4.90 Å². The first-order chi connectivity index (χ1) is 8.06. The fourth-order valence-electron chi connectivity index (χ4n) is 2.22. The van der Waals surface area contributed by atoms with Crippen molar-refractivity contribution in [1.82, 2.24) is 9.80 Å². The van der Waals surface area contributed by atoms with Crippen molar-refractivity contribution in [1.29, 1.82) is 0 Å². The fraction of sp³-hybridized carbons (Fsp3) is 0.923. The normalized spacial score (nSPS) is 22.2. The van der Waals surface area contributed by atoms with Crippen molar-refractivity contribution in [2.75, 3.05) is 39.9 Å². The molecular formula is C13H26N2O2. The molecule has 0 radical (unpaired) electrons. The summed E-state index contributed by atoms with van der Waals surface area (Å²) >= 11 is 0. The summed E-state index contributed by atoms with van der Waals surface area (Å²) in [4.78, 5) is 16.4. The largest absolute Gasteiger partial charge is 0.372 e. The maximum absolute atomic E-state index is 12.1. The third-order valence-corrected chi connectivity index (χ3v) is 3.29. The summed E-state index contributed by atoms with van der Waals surface area (Å²) in [5.74, 6) is 0.637. The van der Waals surface area contributed by atoms with Crippen molar-refractivity contribution in [3.8, 4) is 0 Å². The highest BCUT2D eigenvalue weighted by Gasteiger charge is 2.30. The molecule has 0 N–H and O–H groups in total. The molecule has 17 heavy (non-hydrogen) atoms. The van der Waals surface area contributed by atoms with E-state index in [0.717, 1.165) is 26.1 Å². The van der Waals surface area contributed by atoms with Gasteiger partial charge in [-0.3, -0.25) is 4.79 Å². The standard InChI is InChI=1S/C13H26N2O2/c1-5-8-17-10-13(16)15-7-6-14(4)9-12(15)11(2)3/h11-12H,5-10H2,1-4H3/t12-/m0/s1. The molecule has 0 saturated carbocycles. The molecule has 4 heteroatoms. The molecule has 1 aliphatic heterocycles. The van der Waals surface area contributed by atoms with E-state index in [9.17, 15) is 4.79 Å². The molecule has 0 bridgehead atoms. The minimum absolute atomic E-state index is 0.144. The smallest absolute Gasteiger partial charge is 0.248 e. The highest BCUT2D eigenvalue weighted by Crippen LogP contribution is 2.16. The van der Waals surface area contributed by atoms with Crippen LogP contribution < -0.4 is 0 Å². The summed E-state index contributed by atoms with van der Waals surface area (Å²) < 4.78 is 5.35. The zero-order chi connectivity index (χ0) is 12.8. The van der Waals surface area contributed by atoms with Crippen LogP contribution in [-0.4, -0.2) is 61.6 Å². The number of piperazine rings is 1. The molecule has 1 saturated heterocycles. The molecule has 4 nitrogen and oxygen atoms in total. The highest BCUT2D eigenvalue weighted by atomic mass is 16.5. The van der Waals surface area contributed by atoms with Crippen LogP contribution in [0.2, 0.25) is 0 Å². The van der Waals surface area contributed by atoms with Crippen LogP contribution in [0.5, 0.6) is 0 Å². The Morgan fingerprint density at radius 1 is 1.41 bits per heavy atom. The molecule has 0 aromatic rings. The monoisotopic (exact) mass is 242 g/mol. The van der Waals surface area contributed by atoms with Crippen LogP contribution >= 0.6 is 0 Å². The third kappa shape index (κ3) is 4.28. The molecule has 0 aliphatic carbocycles. The Bertz CT molecular complexity index is 244. The minimum Gasteiger partial charge on any atom is -0.372 e. The number of hydrogen-bond donors (Lipinski definition) is 0. The van der Waals surface area contributed by atoms with Gasteiger partial charge >= 0.3 is 0 Å². The summed E-state index contributed by atoms with van der Waals surface area (Å²) in [7, 11) is 2.12. The van der Waals surface area contributed by atoms with Gasteiger partial charge in [0.05, 0.1) is 0 Å². The average Bonchev–Trinajstić information content (AvgIpc) is 2.29. The van der Waals surface area contributed by atoms with Crippen molar-refractivity contribution in [2.24, 2.45) is 5.92 Å². The minimum atomic E-state index is 0.144. The summed E-state index contributed by atoms with van der Waals surface area (Å²) in [6.07, 6.45) is 0.962. The Hall–Kier alpha value is -0.610. The Kier molecular flexibility index (Phi) is 5.92. The van der Waals surface area contributed by atoms with Gasteiger partial charge in [-0.15, -0.1) is 0 Å². The van der Waals surface area contributed by atoms with E-state index in [4.69, 9.17) is 4.74 Å². The predicted octanol–water partition coefficient (Wildman–Crippen LogP) is 1.21. The molecule has 1 heterocycles. The molecule has 1 amide bonds. The zero-order valence-corrected chi connectivity index (χ0v) is 11.6. The Morgan fingerprint density at radius 2 is 2.12 bits per heavy atom. The summed E-state index contributed by atoms with van der Waals surface area (Å²) in [6, 6.07) is 0.325. The quantitative estimate of drug-likeness (QED) is 0.679. The van der Waals surface area contributed by atoms with Gasteiger partial charge in [0.2, 0.25) is 5.91 Å². The van der Waals surface area contributed by atoms with Gasteiger partial charge in [-0.25, -0.2) is 0 Å². The van der Waals surface area contributed by atoms with Gasteiger partial charge in [0, 0.05) is 32.3 Å². The van der Waals surface area contributed by atoms with Gasteiger partial charge in [0.15, 0.2) is 0 Å². The Labute approximate surface area is 105 Å². The van der Waals surface area contributed by atoms with Crippen LogP contribution in [-0.2, 0) is 9.53 Å². The van der Waals surface area contributed by atoms with Gasteiger partial charge in [-0.1, -0.05) is 20.8 Å². The van der Waals surface area contributed by atoms with Crippen LogP contribution in [0.25, 0.3) is 0 Å². The Balaban J connectivity index is 2.51. The second kappa shape index (κ2) is 6.97. The number of hydrogen-bond acceptors (Lipinski definition) is 3. The maximum Gasteiger partial charge on any atom is 0.248 e. The molecule has 1 rings (SSSR count). The number of likely N-dealkylation sites (N-methyl/N-ethyl adjacent to an activating group) is 1. The number of amides is 1. The second-order valence-electron chi connectivity index (χ2n) is 5.21. The highest BCUT2D eigenvalue weighted by molar-refractivity contribution is 5.78. The lowest BCUT2D eigenvalue weighted by atomic mass is 10.00. The van der Waals surface area contributed by atoms with Crippen molar-refractivity contribution >= 4 is 5.91 Å². The first-order valence-electron chi connectivity index (χ1n) is 6.62. The lowest BCUT2D eigenvalue weighted by molar-refractivity contribution is -0.142. The van der Waals surface area contributed by atoms with Crippen molar-refractivity contribution in [2.45, 2.75) is 33.2 Å². The van der Waals surface area contributed by atoms with Crippen molar-refractivity contribution in [3.05, 3.63) is 0 Å². The summed E-state index contributed by atoms with van der Waals surface area (Å²) in [5, 5.41) is 0. The van der Waals surface area contributed by atoms with E-state index >= 15 is 0 Å². The van der Waals surface area contributed by atoms with Crippen LogP contribution in [0.4, 0.5) is 0 Å². The summed E-state index contributed by atoms with van der Waals surface area (Å²) in [6.45, 7) is 10.1. The van der Waals surface area contributed by atoms with Gasteiger partial charge < -0.3 is 14.5 Å². The number of ether oxygens (including phenoxy) is 1. The second-order valence-corrected chi connectivity index (χ2v) is 5.21. The van der Waals surface area contributed by atoms with Crippen molar-refractivity contribution < 1.29 is 9.53 Å². The molecular weight excluding hydrogens is 216 g/mol. The van der Waals surface area contributed by atoms with Crippen LogP contribution in [0.3, 0.4) is 0 Å². The molecule has 1 aliphatic rings. The molecule has 0 spiro atoms. The molecule has 0 aromatic heterocycles. The van der Waals surface area contributed by atoms with Crippen LogP contribution in [0.15, 0.2) is 0 Å².